The topological polar surface area (TPSA) is 45.6 Å². The molecule has 0 amide bonds. The van der Waals surface area contributed by atoms with Crippen molar-refractivity contribution in [2.24, 2.45) is 11.8 Å². The lowest BCUT2D eigenvalue weighted by Gasteiger charge is -2.34. The molecule has 2 heterocycles. The first-order valence-corrected chi connectivity index (χ1v) is 7.19. The maximum absolute atomic E-state index is 9.57. The summed E-state index contributed by atoms with van der Waals surface area (Å²) in [7, 11) is 0. The molecule has 1 N–H and O–H groups in total. The third-order valence-corrected chi connectivity index (χ3v) is 4.08. The van der Waals surface area contributed by atoms with Crippen LogP contribution < -0.4 is 4.74 Å². The third kappa shape index (κ3) is 4.18. The number of hydrogen-bond donors (Lipinski definition) is 1. The maximum atomic E-state index is 9.57. The SMILES string of the molecule is CCN1CCC(C(CO)COc2cccnc2)CC1. The Balaban J connectivity index is 1.80. The predicted molar refractivity (Wildman–Crippen MR) is 75.1 cm³/mol. The van der Waals surface area contributed by atoms with Crippen molar-refractivity contribution in [1.82, 2.24) is 9.88 Å². The fraction of sp³-hybridized carbons (Fsp3) is 0.667. The molecule has 2 rings (SSSR count). The molecule has 1 aliphatic heterocycles. The van der Waals surface area contributed by atoms with Crippen LogP contribution in [-0.4, -0.2) is 47.8 Å². The molecule has 1 atom stereocenters. The Hall–Kier alpha value is -1.13. The number of aliphatic hydroxyl groups excluding tert-OH is 1. The van der Waals surface area contributed by atoms with Gasteiger partial charge in [0.2, 0.25) is 0 Å². The Kier molecular flexibility index (Phi) is 5.61. The van der Waals surface area contributed by atoms with Crippen LogP contribution in [0.3, 0.4) is 0 Å². The number of nitrogens with zero attached hydrogens (tertiary/aromatic N) is 2. The van der Waals surface area contributed by atoms with Crippen molar-refractivity contribution in [2.45, 2.75) is 19.8 Å². The van der Waals surface area contributed by atoms with Gasteiger partial charge in [0.25, 0.3) is 0 Å². The van der Waals surface area contributed by atoms with Crippen LogP contribution in [0.1, 0.15) is 19.8 Å². The zero-order chi connectivity index (χ0) is 13.5. The Bertz CT molecular complexity index is 350. The van der Waals surface area contributed by atoms with Crippen molar-refractivity contribution in [3.05, 3.63) is 24.5 Å². The van der Waals surface area contributed by atoms with Gasteiger partial charge >= 0.3 is 0 Å². The first-order chi connectivity index (χ1) is 9.33. The number of pyridine rings is 1. The summed E-state index contributed by atoms with van der Waals surface area (Å²) >= 11 is 0. The molecular weight excluding hydrogens is 240 g/mol. The second kappa shape index (κ2) is 7.46. The Morgan fingerprint density at radius 1 is 1.47 bits per heavy atom. The second-order valence-electron chi connectivity index (χ2n) is 5.21. The summed E-state index contributed by atoms with van der Waals surface area (Å²) in [4.78, 5) is 6.49. The Morgan fingerprint density at radius 2 is 2.26 bits per heavy atom. The zero-order valence-corrected chi connectivity index (χ0v) is 11.7. The van der Waals surface area contributed by atoms with Gasteiger partial charge in [-0.3, -0.25) is 4.98 Å². The minimum absolute atomic E-state index is 0.205. The van der Waals surface area contributed by atoms with E-state index < -0.39 is 0 Å². The van der Waals surface area contributed by atoms with Crippen molar-refractivity contribution >= 4 is 0 Å². The molecule has 19 heavy (non-hydrogen) atoms. The number of aliphatic hydroxyl groups is 1. The van der Waals surface area contributed by atoms with E-state index in [0.717, 1.165) is 38.2 Å². The van der Waals surface area contributed by atoms with Crippen molar-refractivity contribution in [1.29, 1.82) is 0 Å². The van der Waals surface area contributed by atoms with Crippen LogP contribution in [0.4, 0.5) is 0 Å². The lowest BCUT2D eigenvalue weighted by atomic mass is 9.85. The van der Waals surface area contributed by atoms with Crippen LogP contribution in [-0.2, 0) is 0 Å². The lowest BCUT2D eigenvalue weighted by Crippen LogP contribution is -2.38. The smallest absolute Gasteiger partial charge is 0.137 e. The monoisotopic (exact) mass is 264 g/mol. The summed E-state index contributed by atoms with van der Waals surface area (Å²) < 4.78 is 5.73. The number of rotatable bonds is 6. The minimum Gasteiger partial charge on any atom is -0.492 e. The number of hydrogen-bond acceptors (Lipinski definition) is 4. The largest absolute Gasteiger partial charge is 0.492 e. The molecule has 1 fully saturated rings. The van der Waals surface area contributed by atoms with Gasteiger partial charge in [0, 0.05) is 18.7 Å². The van der Waals surface area contributed by atoms with Crippen LogP contribution in [0.5, 0.6) is 5.75 Å². The number of piperidine rings is 1. The van der Waals surface area contributed by atoms with Crippen molar-refractivity contribution in [3.63, 3.8) is 0 Å². The molecule has 1 aromatic rings. The Labute approximate surface area is 115 Å². The highest BCUT2D eigenvalue weighted by atomic mass is 16.5. The van der Waals surface area contributed by atoms with Gasteiger partial charge in [0.05, 0.1) is 12.8 Å². The maximum Gasteiger partial charge on any atom is 0.137 e. The van der Waals surface area contributed by atoms with Crippen molar-refractivity contribution in [2.75, 3.05) is 32.8 Å². The van der Waals surface area contributed by atoms with Gasteiger partial charge in [-0.2, -0.15) is 0 Å². The highest BCUT2D eigenvalue weighted by molar-refractivity contribution is 5.15. The van der Waals surface area contributed by atoms with E-state index >= 15 is 0 Å². The van der Waals surface area contributed by atoms with E-state index in [-0.39, 0.29) is 12.5 Å². The molecule has 1 aromatic heterocycles. The van der Waals surface area contributed by atoms with Crippen LogP contribution in [0.2, 0.25) is 0 Å². The molecular formula is C15H24N2O2. The molecule has 0 aromatic carbocycles. The summed E-state index contributed by atoms with van der Waals surface area (Å²) in [6, 6.07) is 3.77. The summed E-state index contributed by atoms with van der Waals surface area (Å²) in [6.45, 7) is 6.41. The fourth-order valence-corrected chi connectivity index (χ4v) is 2.71. The fourth-order valence-electron chi connectivity index (χ4n) is 2.71. The zero-order valence-electron chi connectivity index (χ0n) is 11.7. The Morgan fingerprint density at radius 3 is 2.84 bits per heavy atom. The van der Waals surface area contributed by atoms with E-state index in [0.29, 0.717) is 12.5 Å². The van der Waals surface area contributed by atoms with Crippen LogP contribution in [0.25, 0.3) is 0 Å². The lowest BCUT2D eigenvalue weighted by molar-refractivity contribution is 0.0755. The summed E-state index contributed by atoms with van der Waals surface area (Å²) in [5.74, 6) is 1.59. The molecule has 4 nitrogen and oxygen atoms in total. The van der Waals surface area contributed by atoms with Crippen molar-refractivity contribution < 1.29 is 9.84 Å². The van der Waals surface area contributed by atoms with E-state index in [4.69, 9.17) is 4.74 Å². The van der Waals surface area contributed by atoms with Crippen LogP contribution in [0, 0.1) is 11.8 Å². The van der Waals surface area contributed by atoms with E-state index in [1.54, 1.807) is 12.4 Å². The van der Waals surface area contributed by atoms with Gasteiger partial charge in [-0.1, -0.05) is 6.92 Å². The quantitative estimate of drug-likeness (QED) is 0.851. The molecule has 0 saturated carbocycles. The number of aromatic nitrogens is 1. The molecule has 1 unspecified atom stereocenters. The van der Waals surface area contributed by atoms with E-state index in [2.05, 4.69) is 16.8 Å². The van der Waals surface area contributed by atoms with Gasteiger partial charge < -0.3 is 14.7 Å². The molecule has 0 bridgehead atoms. The van der Waals surface area contributed by atoms with Crippen LogP contribution >= 0.6 is 0 Å². The average molecular weight is 264 g/mol. The normalized spacial score (nSPS) is 19.3. The van der Waals surface area contributed by atoms with Gasteiger partial charge in [0.1, 0.15) is 5.75 Å². The van der Waals surface area contributed by atoms with Crippen LogP contribution in [0.15, 0.2) is 24.5 Å². The first kappa shape index (κ1) is 14.3. The standard InChI is InChI=1S/C15H24N2O2/c1-2-17-8-5-13(6-9-17)14(11-18)12-19-15-4-3-7-16-10-15/h3-4,7,10,13-14,18H,2,5-6,8-9,11-12H2,1H3. The van der Waals surface area contributed by atoms with Gasteiger partial charge in [0.15, 0.2) is 0 Å². The van der Waals surface area contributed by atoms with E-state index in [1.165, 1.54) is 0 Å². The molecule has 4 heteroatoms. The highest BCUT2D eigenvalue weighted by Crippen LogP contribution is 2.25. The summed E-state index contributed by atoms with van der Waals surface area (Å²) in [5, 5.41) is 9.57. The van der Waals surface area contributed by atoms with Gasteiger partial charge in [-0.15, -0.1) is 0 Å². The molecule has 0 spiro atoms. The molecule has 0 radical (unpaired) electrons. The summed E-state index contributed by atoms with van der Waals surface area (Å²) in [6.07, 6.45) is 5.77. The number of ether oxygens (including phenoxy) is 1. The molecule has 1 aliphatic rings. The second-order valence-corrected chi connectivity index (χ2v) is 5.21. The van der Waals surface area contributed by atoms with Gasteiger partial charge in [-0.05, 0) is 50.5 Å². The predicted octanol–water partition coefficient (Wildman–Crippen LogP) is 1.80. The molecule has 1 saturated heterocycles. The molecule has 106 valence electrons. The average Bonchev–Trinajstić information content (AvgIpc) is 2.49. The third-order valence-electron chi connectivity index (χ3n) is 4.08. The number of likely N-dealkylation sites (tertiary alicyclic amines) is 1. The first-order valence-electron chi connectivity index (χ1n) is 7.19. The van der Waals surface area contributed by atoms with E-state index in [9.17, 15) is 5.11 Å². The highest BCUT2D eigenvalue weighted by Gasteiger charge is 2.26. The van der Waals surface area contributed by atoms with Gasteiger partial charge in [-0.25, -0.2) is 0 Å². The van der Waals surface area contributed by atoms with E-state index in [1.807, 2.05) is 12.1 Å². The van der Waals surface area contributed by atoms with Crippen molar-refractivity contribution in [3.8, 4) is 5.75 Å². The minimum atomic E-state index is 0.205. The molecule has 0 aliphatic carbocycles. The summed E-state index contributed by atoms with van der Waals surface area (Å²) in [5.41, 5.74) is 0.